The van der Waals surface area contributed by atoms with Gasteiger partial charge in [0.2, 0.25) is 0 Å². The van der Waals surface area contributed by atoms with Crippen molar-refractivity contribution in [2.24, 2.45) is 0 Å². The molecule has 0 saturated carbocycles. The smallest absolute Gasteiger partial charge is 0.358 e. The first kappa shape index (κ1) is 23.3. The molecule has 0 aliphatic carbocycles. The Labute approximate surface area is 162 Å². The van der Waals surface area contributed by atoms with E-state index in [4.69, 9.17) is 13.6 Å². The summed E-state index contributed by atoms with van der Waals surface area (Å²) in [6.45, 7) is 21.1. The summed E-state index contributed by atoms with van der Waals surface area (Å²) < 4.78 is 30.3. The first-order valence-electron chi connectivity index (χ1n) is 8.73. The molecule has 0 spiro atoms. The quantitative estimate of drug-likeness (QED) is 0.316. The van der Waals surface area contributed by atoms with Crippen LogP contribution in [0.4, 0.5) is 4.39 Å². The van der Waals surface area contributed by atoms with Crippen molar-refractivity contribution in [1.29, 1.82) is 0 Å². The van der Waals surface area contributed by atoms with Crippen LogP contribution in [0.5, 0.6) is 0 Å². The SMILES string of the molecule is CC(C)(C)[Si](C)(C)OC[C@H]1OC(=O)[C@@](F)(Br)C1O[Si](C)(C)C(C)(C)C. The number of hydrogen-bond donors (Lipinski definition) is 0. The molecule has 1 heterocycles. The Morgan fingerprint density at radius 2 is 1.52 bits per heavy atom. The molecule has 1 unspecified atom stereocenters. The zero-order valence-corrected chi connectivity index (χ0v) is 20.8. The highest BCUT2D eigenvalue weighted by atomic mass is 79.9. The van der Waals surface area contributed by atoms with Crippen LogP contribution >= 0.6 is 15.9 Å². The predicted octanol–water partition coefficient (Wildman–Crippen LogP) is 5.38. The van der Waals surface area contributed by atoms with Crippen molar-refractivity contribution in [3.8, 4) is 0 Å². The largest absolute Gasteiger partial charge is 0.454 e. The summed E-state index contributed by atoms with van der Waals surface area (Å²) in [5.74, 6) is -0.931. The van der Waals surface area contributed by atoms with Gasteiger partial charge < -0.3 is 13.6 Å². The Morgan fingerprint density at radius 3 is 1.92 bits per heavy atom. The maximum Gasteiger partial charge on any atom is 0.358 e. The van der Waals surface area contributed by atoms with E-state index in [1.54, 1.807) is 0 Å². The maximum absolute atomic E-state index is 15.0. The molecule has 0 aromatic carbocycles. The Balaban J connectivity index is 3.00. The number of hydrogen-bond acceptors (Lipinski definition) is 4. The minimum atomic E-state index is -2.33. The molecule has 3 atom stereocenters. The van der Waals surface area contributed by atoms with Crippen LogP contribution in [0.15, 0.2) is 0 Å². The molecule has 0 aromatic heterocycles. The zero-order valence-electron chi connectivity index (χ0n) is 17.3. The van der Waals surface area contributed by atoms with Gasteiger partial charge in [-0.3, -0.25) is 0 Å². The molecule has 25 heavy (non-hydrogen) atoms. The zero-order chi connectivity index (χ0) is 20.1. The van der Waals surface area contributed by atoms with Crippen LogP contribution in [-0.2, 0) is 18.4 Å². The number of rotatable bonds is 5. The van der Waals surface area contributed by atoms with E-state index in [0.29, 0.717) is 0 Å². The van der Waals surface area contributed by atoms with Crippen molar-refractivity contribution in [2.75, 3.05) is 6.61 Å². The molecule has 4 nitrogen and oxygen atoms in total. The monoisotopic (exact) mass is 456 g/mol. The summed E-state index contributed by atoms with van der Waals surface area (Å²) >= 11 is 2.91. The van der Waals surface area contributed by atoms with Crippen LogP contribution in [0.1, 0.15) is 41.5 Å². The molecular formula is C17H34BrFO4Si2. The Morgan fingerprint density at radius 1 is 1.08 bits per heavy atom. The van der Waals surface area contributed by atoms with Crippen LogP contribution in [0.3, 0.4) is 0 Å². The van der Waals surface area contributed by atoms with Crippen molar-refractivity contribution < 1.29 is 22.8 Å². The number of cyclic esters (lactones) is 1. The van der Waals surface area contributed by atoms with E-state index in [0.717, 1.165) is 0 Å². The molecule has 0 aromatic rings. The van der Waals surface area contributed by atoms with E-state index < -0.39 is 39.4 Å². The second-order valence-corrected chi connectivity index (χ2v) is 20.7. The Bertz CT molecular complexity index is 510. The van der Waals surface area contributed by atoms with Crippen molar-refractivity contribution >= 4 is 38.5 Å². The van der Waals surface area contributed by atoms with Gasteiger partial charge in [-0.25, -0.2) is 9.18 Å². The lowest BCUT2D eigenvalue weighted by molar-refractivity contribution is -0.146. The molecule has 1 aliphatic heterocycles. The maximum atomic E-state index is 15.0. The average Bonchev–Trinajstić information content (AvgIpc) is 2.57. The molecule has 0 N–H and O–H groups in total. The first-order valence-corrected chi connectivity index (χ1v) is 15.3. The van der Waals surface area contributed by atoms with E-state index in [1.165, 1.54) is 0 Å². The highest BCUT2D eigenvalue weighted by Crippen LogP contribution is 2.45. The number of carbonyl (C=O) groups excluding carboxylic acids is 1. The van der Waals surface area contributed by atoms with E-state index in [2.05, 4.69) is 70.6 Å². The number of halogens is 2. The second kappa shape index (κ2) is 7.00. The van der Waals surface area contributed by atoms with Gasteiger partial charge >= 0.3 is 5.97 Å². The molecule has 0 amide bonds. The van der Waals surface area contributed by atoms with Gasteiger partial charge in [-0.05, 0) is 52.2 Å². The lowest BCUT2D eigenvalue weighted by atomic mass is 10.2. The normalized spacial score (nSPS) is 29.0. The molecule has 1 saturated heterocycles. The average molecular weight is 458 g/mol. The third kappa shape index (κ3) is 4.94. The van der Waals surface area contributed by atoms with Crippen molar-refractivity contribution in [2.45, 2.75) is 94.6 Å². The summed E-state index contributed by atoms with van der Waals surface area (Å²) in [5, 5.41) is -0.0842. The van der Waals surface area contributed by atoms with Gasteiger partial charge in [0, 0.05) is 0 Å². The van der Waals surface area contributed by atoms with Crippen LogP contribution in [0.25, 0.3) is 0 Å². The van der Waals surface area contributed by atoms with Gasteiger partial charge in [-0.2, -0.15) is 0 Å². The van der Waals surface area contributed by atoms with E-state index in [1.807, 2.05) is 13.1 Å². The molecule has 1 aliphatic rings. The summed E-state index contributed by atoms with van der Waals surface area (Å²) in [6, 6.07) is 0. The Hall–Kier alpha value is 0.234. The van der Waals surface area contributed by atoms with Gasteiger partial charge in [0.1, 0.15) is 6.10 Å². The summed E-state index contributed by atoms with van der Waals surface area (Å²) in [6.07, 6.45) is -1.76. The van der Waals surface area contributed by atoms with Crippen molar-refractivity contribution in [3.05, 3.63) is 0 Å². The summed E-state index contributed by atoms with van der Waals surface area (Å²) in [4.78, 5) is 12.0. The van der Waals surface area contributed by atoms with Crippen molar-refractivity contribution in [1.82, 2.24) is 0 Å². The summed E-state index contributed by atoms with van der Waals surface area (Å²) in [5.41, 5.74) is 0. The van der Waals surface area contributed by atoms with Crippen LogP contribution in [0, 0.1) is 0 Å². The number of carbonyl (C=O) groups is 1. The molecular weight excluding hydrogens is 423 g/mol. The lowest BCUT2D eigenvalue weighted by Gasteiger charge is -2.41. The predicted molar refractivity (Wildman–Crippen MR) is 108 cm³/mol. The van der Waals surface area contributed by atoms with E-state index >= 15 is 0 Å². The molecule has 0 bridgehead atoms. The molecule has 8 heteroatoms. The van der Waals surface area contributed by atoms with Crippen LogP contribution < -0.4 is 0 Å². The highest BCUT2D eigenvalue weighted by molar-refractivity contribution is 9.10. The standard InChI is InChI=1S/C17H34BrFO4Si2/c1-15(2,3)24(7,8)21-11-12-13(17(18,19)14(20)22-12)23-25(9,10)16(4,5)6/h12-13H,11H2,1-10H3/t12-,13?,17-/m1/s1. The van der Waals surface area contributed by atoms with Crippen LogP contribution in [-0.4, -0.2) is 46.0 Å². The molecule has 1 rings (SSSR count). The van der Waals surface area contributed by atoms with Crippen molar-refractivity contribution in [3.63, 3.8) is 0 Å². The number of ether oxygens (including phenoxy) is 1. The minimum Gasteiger partial charge on any atom is -0.454 e. The molecule has 1 fully saturated rings. The van der Waals surface area contributed by atoms with Gasteiger partial charge in [0.05, 0.1) is 6.61 Å². The van der Waals surface area contributed by atoms with Gasteiger partial charge in [-0.1, -0.05) is 41.5 Å². The number of esters is 1. The summed E-state index contributed by atoms with van der Waals surface area (Å²) in [7, 11) is -4.33. The van der Waals surface area contributed by atoms with Gasteiger partial charge in [0.25, 0.3) is 4.58 Å². The fourth-order valence-corrected chi connectivity index (χ4v) is 4.87. The minimum absolute atomic E-state index is 0.0204. The topological polar surface area (TPSA) is 44.8 Å². The van der Waals surface area contributed by atoms with E-state index in [-0.39, 0.29) is 16.7 Å². The second-order valence-electron chi connectivity index (χ2n) is 9.94. The fourth-order valence-electron chi connectivity index (χ4n) is 1.90. The van der Waals surface area contributed by atoms with Gasteiger partial charge in [0.15, 0.2) is 22.7 Å². The van der Waals surface area contributed by atoms with E-state index in [9.17, 15) is 9.18 Å². The van der Waals surface area contributed by atoms with Crippen LogP contribution in [0.2, 0.25) is 36.3 Å². The third-order valence-electron chi connectivity index (χ3n) is 5.87. The van der Waals surface area contributed by atoms with Gasteiger partial charge in [-0.15, -0.1) is 0 Å². The fraction of sp³-hybridized carbons (Fsp3) is 0.941. The molecule has 0 radical (unpaired) electrons. The Kier molecular flexibility index (Phi) is 6.52. The highest BCUT2D eigenvalue weighted by Gasteiger charge is 2.60. The molecule has 148 valence electrons. The first-order chi connectivity index (χ1) is 10.8. The number of alkyl halides is 2. The third-order valence-corrected chi connectivity index (χ3v) is 15.6. The lowest BCUT2D eigenvalue weighted by Crippen LogP contribution is -2.52.